The molecule has 5 heteroatoms. The van der Waals surface area contributed by atoms with E-state index in [1.54, 1.807) is 13.1 Å². The van der Waals surface area contributed by atoms with Crippen LogP contribution in [0.1, 0.15) is 47.8 Å². The molecule has 28 heavy (non-hydrogen) atoms. The van der Waals surface area contributed by atoms with Crippen molar-refractivity contribution in [1.29, 1.82) is 0 Å². The van der Waals surface area contributed by atoms with Crippen LogP contribution in [-0.2, 0) is 16.1 Å². The first-order valence-electron chi connectivity index (χ1n) is 9.62. The van der Waals surface area contributed by atoms with Crippen molar-refractivity contribution in [2.75, 3.05) is 13.2 Å². The highest BCUT2D eigenvalue weighted by Gasteiger charge is 2.23. The first-order valence-corrected chi connectivity index (χ1v) is 9.62. The maximum atomic E-state index is 12.4. The molecule has 1 heterocycles. The first kappa shape index (κ1) is 19.8. The van der Waals surface area contributed by atoms with Gasteiger partial charge in [0.2, 0.25) is 0 Å². The molecule has 0 saturated carbocycles. The van der Waals surface area contributed by atoms with Gasteiger partial charge in [-0.2, -0.15) is 5.10 Å². The maximum absolute atomic E-state index is 12.4. The van der Waals surface area contributed by atoms with Crippen molar-refractivity contribution in [3.8, 4) is 5.69 Å². The Hall–Kier alpha value is -2.92. The summed E-state index contributed by atoms with van der Waals surface area (Å²) in [6.45, 7) is 5.41. The SMILES string of the molecule is CCOC(=O)c1cnn(-c2ccccc2)c1C(C)CCOCc1ccccc1. The third-order valence-corrected chi connectivity index (χ3v) is 4.58. The van der Waals surface area contributed by atoms with Crippen molar-refractivity contribution in [1.82, 2.24) is 9.78 Å². The quantitative estimate of drug-likeness (QED) is 0.398. The Balaban J connectivity index is 1.74. The summed E-state index contributed by atoms with van der Waals surface area (Å²) in [5, 5.41) is 4.46. The van der Waals surface area contributed by atoms with Crippen LogP contribution in [0.3, 0.4) is 0 Å². The van der Waals surface area contributed by atoms with Gasteiger partial charge in [-0.15, -0.1) is 0 Å². The molecule has 0 spiro atoms. The Labute approximate surface area is 165 Å². The molecular formula is C23H26N2O3. The van der Waals surface area contributed by atoms with Crippen molar-refractivity contribution >= 4 is 5.97 Å². The fraction of sp³-hybridized carbons (Fsp3) is 0.304. The van der Waals surface area contributed by atoms with E-state index in [4.69, 9.17) is 9.47 Å². The van der Waals surface area contributed by atoms with Gasteiger partial charge in [0.15, 0.2) is 0 Å². The highest BCUT2D eigenvalue weighted by Crippen LogP contribution is 2.26. The minimum atomic E-state index is -0.336. The monoisotopic (exact) mass is 378 g/mol. The third kappa shape index (κ3) is 4.87. The molecule has 1 atom stereocenters. The topological polar surface area (TPSA) is 53.3 Å². The number of benzene rings is 2. The van der Waals surface area contributed by atoms with Crippen molar-refractivity contribution < 1.29 is 14.3 Å². The molecule has 0 saturated heterocycles. The summed E-state index contributed by atoms with van der Waals surface area (Å²) >= 11 is 0. The summed E-state index contributed by atoms with van der Waals surface area (Å²) in [5.41, 5.74) is 3.44. The van der Waals surface area contributed by atoms with Crippen molar-refractivity contribution in [2.24, 2.45) is 0 Å². The summed E-state index contributed by atoms with van der Waals surface area (Å²) in [6, 6.07) is 19.9. The lowest BCUT2D eigenvalue weighted by Gasteiger charge is -2.16. The Morgan fingerprint density at radius 3 is 2.43 bits per heavy atom. The third-order valence-electron chi connectivity index (χ3n) is 4.58. The van der Waals surface area contributed by atoms with Crippen LogP contribution >= 0.6 is 0 Å². The number of rotatable bonds is 9. The van der Waals surface area contributed by atoms with Crippen LogP contribution in [-0.4, -0.2) is 29.0 Å². The van der Waals surface area contributed by atoms with Crippen LogP contribution in [0.25, 0.3) is 5.69 Å². The van der Waals surface area contributed by atoms with Gasteiger partial charge in [0.05, 0.1) is 30.8 Å². The number of esters is 1. The summed E-state index contributed by atoms with van der Waals surface area (Å²) in [7, 11) is 0. The average Bonchev–Trinajstić information content (AvgIpc) is 3.18. The van der Waals surface area contributed by atoms with E-state index in [1.165, 1.54) is 0 Å². The fourth-order valence-corrected chi connectivity index (χ4v) is 3.13. The number of nitrogens with zero attached hydrogens (tertiary/aromatic N) is 2. The summed E-state index contributed by atoms with van der Waals surface area (Å²) in [6.07, 6.45) is 2.37. The summed E-state index contributed by atoms with van der Waals surface area (Å²) < 4.78 is 12.9. The van der Waals surface area contributed by atoms with E-state index in [9.17, 15) is 4.79 Å². The molecule has 1 aromatic heterocycles. The van der Waals surface area contributed by atoms with E-state index >= 15 is 0 Å². The molecule has 0 amide bonds. The molecular weight excluding hydrogens is 352 g/mol. The molecule has 1 unspecified atom stereocenters. The van der Waals surface area contributed by atoms with Crippen LogP contribution in [0.4, 0.5) is 0 Å². The second-order valence-electron chi connectivity index (χ2n) is 6.64. The number of carbonyl (C=O) groups is 1. The van der Waals surface area contributed by atoms with Gasteiger partial charge >= 0.3 is 5.97 Å². The van der Waals surface area contributed by atoms with Crippen LogP contribution < -0.4 is 0 Å². The molecule has 0 radical (unpaired) electrons. The number of hydrogen-bond donors (Lipinski definition) is 0. The molecule has 3 rings (SSSR count). The minimum Gasteiger partial charge on any atom is -0.462 e. The van der Waals surface area contributed by atoms with Crippen molar-refractivity contribution in [3.05, 3.63) is 83.7 Å². The lowest BCUT2D eigenvalue weighted by molar-refractivity contribution is 0.0523. The van der Waals surface area contributed by atoms with Gasteiger partial charge < -0.3 is 9.47 Å². The van der Waals surface area contributed by atoms with Gasteiger partial charge in [-0.05, 0) is 31.0 Å². The van der Waals surface area contributed by atoms with E-state index in [0.29, 0.717) is 25.4 Å². The fourth-order valence-electron chi connectivity index (χ4n) is 3.13. The van der Waals surface area contributed by atoms with Crippen LogP contribution in [0.5, 0.6) is 0 Å². The van der Waals surface area contributed by atoms with Crippen molar-refractivity contribution in [3.63, 3.8) is 0 Å². The Bertz CT molecular complexity index is 875. The zero-order chi connectivity index (χ0) is 19.8. The number of ether oxygens (including phenoxy) is 2. The molecule has 5 nitrogen and oxygen atoms in total. The van der Waals surface area contributed by atoms with Gasteiger partial charge in [0, 0.05) is 12.5 Å². The minimum absolute atomic E-state index is 0.0814. The summed E-state index contributed by atoms with van der Waals surface area (Å²) in [5.74, 6) is -0.255. The number of carbonyl (C=O) groups excluding carboxylic acids is 1. The second-order valence-corrected chi connectivity index (χ2v) is 6.64. The predicted molar refractivity (Wildman–Crippen MR) is 109 cm³/mol. The van der Waals surface area contributed by atoms with E-state index in [1.807, 2.05) is 65.3 Å². The normalized spacial score (nSPS) is 11.9. The Morgan fingerprint density at radius 1 is 1.07 bits per heavy atom. The smallest absolute Gasteiger partial charge is 0.341 e. The molecule has 0 bridgehead atoms. The first-order chi connectivity index (χ1) is 13.7. The Morgan fingerprint density at radius 2 is 1.75 bits per heavy atom. The van der Waals surface area contributed by atoms with E-state index in [0.717, 1.165) is 23.4 Å². The second kappa shape index (κ2) is 9.85. The summed E-state index contributed by atoms with van der Waals surface area (Å²) in [4.78, 5) is 12.4. The molecule has 0 fully saturated rings. The lowest BCUT2D eigenvalue weighted by Crippen LogP contribution is -2.13. The highest BCUT2D eigenvalue weighted by atomic mass is 16.5. The molecule has 2 aromatic carbocycles. The van der Waals surface area contributed by atoms with E-state index in [2.05, 4.69) is 12.0 Å². The lowest BCUT2D eigenvalue weighted by atomic mass is 10.00. The standard InChI is InChI=1S/C23H26N2O3/c1-3-28-23(26)21-16-24-25(20-12-8-5-9-13-20)22(21)18(2)14-15-27-17-19-10-6-4-7-11-19/h4-13,16,18H,3,14-15,17H2,1-2H3. The van der Waals surface area contributed by atoms with Gasteiger partial charge in [0.1, 0.15) is 5.56 Å². The highest BCUT2D eigenvalue weighted by molar-refractivity contribution is 5.90. The zero-order valence-electron chi connectivity index (χ0n) is 16.4. The maximum Gasteiger partial charge on any atom is 0.341 e. The van der Waals surface area contributed by atoms with Gasteiger partial charge in [0.25, 0.3) is 0 Å². The number of para-hydroxylation sites is 1. The molecule has 0 N–H and O–H groups in total. The van der Waals surface area contributed by atoms with E-state index in [-0.39, 0.29) is 11.9 Å². The van der Waals surface area contributed by atoms with Gasteiger partial charge in [-0.1, -0.05) is 55.5 Å². The Kier molecular flexibility index (Phi) is 6.98. The zero-order valence-corrected chi connectivity index (χ0v) is 16.4. The van der Waals surface area contributed by atoms with Crippen LogP contribution in [0.2, 0.25) is 0 Å². The molecule has 0 aliphatic heterocycles. The average molecular weight is 378 g/mol. The molecule has 146 valence electrons. The molecule has 3 aromatic rings. The van der Waals surface area contributed by atoms with E-state index < -0.39 is 0 Å². The van der Waals surface area contributed by atoms with Gasteiger partial charge in [-0.3, -0.25) is 0 Å². The van der Waals surface area contributed by atoms with Crippen LogP contribution in [0, 0.1) is 0 Å². The van der Waals surface area contributed by atoms with Crippen LogP contribution in [0.15, 0.2) is 66.9 Å². The van der Waals surface area contributed by atoms with Gasteiger partial charge in [-0.25, -0.2) is 9.48 Å². The largest absolute Gasteiger partial charge is 0.462 e. The molecule has 0 aliphatic rings. The number of aromatic nitrogens is 2. The molecule has 0 aliphatic carbocycles. The predicted octanol–water partition coefficient (Wildman–Crippen LogP) is 4.76. The van der Waals surface area contributed by atoms with Crippen molar-refractivity contribution in [2.45, 2.75) is 32.8 Å². The number of hydrogen-bond acceptors (Lipinski definition) is 4.